The molecular weight excluding hydrogens is 490 g/mol. The molecule has 0 aliphatic heterocycles. The van der Waals surface area contributed by atoms with Gasteiger partial charge in [0.05, 0.1) is 12.0 Å². The van der Waals surface area contributed by atoms with Gasteiger partial charge in [-0.15, -0.1) is 30.3 Å². The van der Waals surface area contributed by atoms with E-state index in [2.05, 4.69) is 43.4 Å². The van der Waals surface area contributed by atoms with Crippen molar-refractivity contribution in [2.24, 2.45) is 0 Å². The minimum atomic E-state index is -0.125. The van der Waals surface area contributed by atoms with E-state index in [1.807, 2.05) is 35.0 Å². The van der Waals surface area contributed by atoms with Crippen LogP contribution in [0.4, 0.5) is 0 Å². The van der Waals surface area contributed by atoms with Crippen LogP contribution < -0.4 is 4.57 Å². The standard InChI is InChI=1S/C16H12N.C5H8O2.Ir/c1-17-12-11-13-7-5-6-10-15(13)16(17)14-8-3-2-4-9-14;1-4(6)3-5(2)7;/h2-8,10-12H,1H2;3,6H,1-2H3;/q-1;;/b;4-3-;. The predicted octanol–water partition coefficient (Wildman–Crippen LogP) is 4.27. The Balaban J connectivity index is 0.000000339. The molecule has 0 unspecified atom stereocenters. The Bertz CT molecular complexity index is 869. The van der Waals surface area contributed by atoms with Gasteiger partial charge in [-0.3, -0.25) is 4.79 Å². The SMILES string of the molecule is CC(=O)/C=C(/C)O.[CH2-][n+]1ccc2ccccc2c1-c1[c-]cccc1.[Ir]. The van der Waals surface area contributed by atoms with E-state index < -0.39 is 0 Å². The molecule has 0 saturated carbocycles. The molecule has 0 aliphatic rings. The van der Waals surface area contributed by atoms with E-state index in [9.17, 15) is 4.79 Å². The van der Waals surface area contributed by atoms with E-state index in [1.165, 1.54) is 30.7 Å². The molecule has 3 nitrogen and oxygen atoms in total. The number of pyridine rings is 1. The largest absolute Gasteiger partial charge is 0.512 e. The average Bonchev–Trinajstić information content (AvgIpc) is 2.55. The second kappa shape index (κ2) is 9.77. The zero-order chi connectivity index (χ0) is 17.5. The number of fused-ring (bicyclic) bond motifs is 1. The molecule has 3 rings (SSSR count). The zero-order valence-corrected chi connectivity index (χ0v) is 16.6. The van der Waals surface area contributed by atoms with Gasteiger partial charge in [-0.25, -0.2) is 0 Å². The predicted molar refractivity (Wildman–Crippen MR) is 96.2 cm³/mol. The van der Waals surface area contributed by atoms with E-state index >= 15 is 0 Å². The van der Waals surface area contributed by atoms with Gasteiger partial charge in [0.2, 0.25) is 0 Å². The van der Waals surface area contributed by atoms with Crippen molar-refractivity contribution in [1.82, 2.24) is 0 Å². The van der Waals surface area contributed by atoms with Crippen molar-refractivity contribution in [3.63, 3.8) is 0 Å². The van der Waals surface area contributed by atoms with Crippen LogP contribution in [0.25, 0.3) is 22.0 Å². The summed E-state index contributed by atoms with van der Waals surface area (Å²) < 4.78 is 1.90. The molecule has 1 aromatic heterocycles. The topological polar surface area (TPSA) is 41.2 Å². The van der Waals surface area contributed by atoms with Crippen LogP contribution in [0.5, 0.6) is 0 Å². The second-order valence-corrected chi connectivity index (χ2v) is 5.39. The molecule has 0 aliphatic carbocycles. The summed E-state index contributed by atoms with van der Waals surface area (Å²) in [6.07, 6.45) is 3.15. The number of benzene rings is 2. The molecule has 1 N–H and O–H groups in total. The number of ketones is 1. The Morgan fingerprint density at radius 3 is 2.36 bits per heavy atom. The van der Waals surface area contributed by atoms with Crippen LogP contribution in [-0.2, 0) is 24.9 Å². The molecule has 0 spiro atoms. The van der Waals surface area contributed by atoms with Gasteiger partial charge in [0.1, 0.15) is 5.69 Å². The fraction of sp³-hybridized carbons (Fsp3) is 0.0952. The minimum Gasteiger partial charge on any atom is -0.512 e. The number of allylic oxidation sites excluding steroid dienone is 2. The number of carbonyl (C=O) groups excluding carboxylic acids is 1. The van der Waals surface area contributed by atoms with E-state index in [-0.39, 0.29) is 31.6 Å². The van der Waals surface area contributed by atoms with Crippen molar-refractivity contribution >= 4 is 16.6 Å². The van der Waals surface area contributed by atoms with Gasteiger partial charge in [0.25, 0.3) is 0 Å². The normalized spacial score (nSPS) is 10.4. The number of rotatable bonds is 2. The molecule has 0 amide bonds. The Labute approximate surface area is 162 Å². The van der Waals surface area contributed by atoms with Crippen LogP contribution in [-0.4, -0.2) is 10.9 Å². The second-order valence-electron chi connectivity index (χ2n) is 5.39. The van der Waals surface area contributed by atoms with Crippen LogP contribution in [0.2, 0.25) is 0 Å². The van der Waals surface area contributed by atoms with Crippen molar-refractivity contribution < 1.29 is 34.6 Å². The van der Waals surface area contributed by atoms with Crippen LogP contribution >= 0.6 is 0 Å². The van der Waals surface area contributed by atoms with Crippen molar-refractivity contribution in [3.8, 4) is 11.3 Å². The molecule has 2 aromatic carbocycles. The fourth-order valence-electron chi connectivity index (χ4n) is 2.39. The monoisotopic (exact) mass is 511 g/mol. The summed E-state index contributed by atoms with van der Waals surface area (Å²) in [7, 11) is 4.04. The summed E-state index contributed by atoms with van der Waals surface area (Å²) in [5.41, 5.74) is 2.17. The maximum Gasteiger partial charge on any atom is 0.155 e. The summed E-state index contributed by atoms with van der Waals surface area (Å²) in [6, 6.07) is 21.6. The third-order valence-corrected chi connectivity index (χ3v) is 3.31. The van der Waals surface area contributed by atoms with Crippen LogP contribution in [0.15, 0.2) is 72.6 Å². The Kier molecular flexibility index (Phi) is 8.06. The third kappa shape index (κ3) is 5.86. The molecule has 3 aromatic rings. The van der Waals surface area contributed by atoms with Crippen molar-refractivity contribution in [2.75, 3.05) is 0 Å². The van der Waals surface area contributed by atoms with Gasteiger partial charge in [-0.2, -0.15) is 0 Å². The summed E-state index contributed by atoms with van der Waals surface area (Å²) in [6.45, 7) is 2.85. The van der Waals surface area contributed by atoms with E-state index in [1.54, 1.807) is 0 Å². The first-order chi connectivity index (χ1) is 11.5. The number of hydrogen-bond acceptors (Lipinski definition) is 2. The minimum absolute atomic E-state index is 0. The maximum absolute atomic E-state index is 10.0. The van der Waals surface area contributed by atoms with E-state index in [0.717, 1.165) is 11.3 Å². The van der Waals surface area contributed by atoms with Crippen LogP contribution in [0.3, 0.4) is 0 Å². The molecule has 0 atom stereocenters. The average molecular weight is 511 g/mol. The molecule has 0 saturated heterocycles. The van der Waals surface area contributed by atoms with Gasteiger partial charge < -0.3 is 9.67 Å². The Morgan fingerprint density at radius 1 is 1.12 bits per heavy atom. The molecule has 1 radical (unpaired) electrons. The van der Waals surface area contributed by atoms with Gasteiger partial charge >= 0.3 is 0 Å². The van der Waals surface area contributed by atoms with Crippen molar-refractivity contribution in [2.45, 2.75) is 13.8 Å². The number of carbonyl (C=O) groups is 1. The summed E-state index contributed by atoms with van der Waals surface area (Å²) in [5, 5.41) is 10.8. The van der Waals surface area contributed by atoms with E-state index in [4.69, 9.17) is 5.11 Å². The molecule has 25 heavy (non-hydrogen) atoms. The first kappa shape index (κ1) is 20.6. The van der Waals surface area contributed by atoms with Gasteiger partial charge in [0, 0.05) is 38.6 Å². The van der Waals surface area contributed by atoms with Crippen molar-refractivity contribution in [3.05, 3.63) is 85.7 Å². The molecular formula is C21H20IrNO2-. The molecule has 131 valence electrons. The Morgan fingerprint density at radius 2 is 1.80 bits per heavy atom. The quantitative estimate of drug-likeness (QED) is 0.242. The molecule has 4 heteroatoms. The smallest absolute Gasteiger partial charge is 0.155 e. The maximum atomic E-state index is 10.0. The summed E-state index contributed by atoms with van der Waals surface area (Å²) in [4.78, 5) is 10.0. The fourth-order valence-corrected chi connectivity index (χ4v) is 2.39. The number of aliphatic hydroxyl groups is 1. The van der Waals surface area contributed by atoms with Crippen LogP contribution in [0, 0.1) is 13.1 Å². The number of nitrogens with zero attached hydrogens (tertiary/aromatic N) is 1. The number of hydrogen-bond donors (Lipinski definition) is 1. The number of aromatic nitrogens is 1. The Hall–Kier alpha value is -2.42. The summed E-state index contributed by atoms with van der Waals surface area (Å²) >= 11 is 0. The van der Waals surface area contributed by atoms with Gasteiger partial charge in [-0.05, 0) is 25.3 Å². The van der Waals surface area contributed by atoms with E-state index in [0.29, 0.717) is 0 Å². The first-order valence-corrected chi connectivity index (χ1v) is 7.58. The molecule has 0 fully saturated rings. The molecule has 0 bridgehead atoms. The zero-order valence-electron chi connectivity index (χ0n) is 14.2. The molecule has 1 heterocycles. The third-order valence-electron chi connectivity index (χ3n) is 3.31. The number of aliphatic hydroxyl groups excluding tert-OH is 1. The first-order valence-electron chi connectivity index (χ1n) is 7.58. The van der Waals surface area contributed by atoms with Crippen molar-refractivity contribution in [1.29, 1.82) is 0 Å². The van der Waals surface area contributed by atoms with Gasteiger partial charge in [-0.1, -0.05) is 29.8 Å². The van der Waals surface area contributed by atoms with Crippen LogP contribution in [0.1, 0.15) is 13.8 Å². The summed E-state index contributed by atoms with van der Waals surface area (Å²) in [5.74, 6) is -0.0625. The van der Waals surface area contributed by atoms with Gasteiger partial charge in [0.15, 0.2) is 5.78 Å².